The highest BCUT2D eigenvalue weighted by molar-refractivity contribution is 5.11. The van der Waals surface area contributed by atoms with Crippen LogP contribution in [0.3, 0.4) is 0 Å². The van der Waals surface area contributed by atoms with Gasteiger partial charge in [0.2, 0.25) is 0 Å². The standard InChI is InChI=1S/C11H19NO7/c13-4-2-18-11(10(17)7(4)14)19-5-1-3-6(12-3)9(16)8(5)15/h3-17H,1-2H2/t3-,4-,5+,6-,7+,8+,9+,10-,11+/m1/s1. The van der Waals surface area contributed by atoms with Gasteiger partial charge in [0.05, 0.1) is 24.9 Å². The van der Waals surface area contributed by atoms with Crippen LogP contribution < -0.4 is 5.32 Å². The molecule has 0 aromatic heterocycles. The molecule has 6 N–H and O–H groups in total. The second-order valence-electron chi connectivity index (χ2n) is 5.44. The first kappa shape index (κ1) is 13.7. The molecular weight excluding hydrogens is 258 g/mol. The van der Waals surface area contributed by atoms with Gasteiger partial charge in [-0.25, -0.2) is 0 Å². The van der Waals surface area contributed by atoms with Crippen LogP contribution in [-0.4, -0.2) is 87.1 Å². The second kappa shape index (κ2) is 4.90. The zero-order valence-electron chi connectivity index (χ0n) is 10.2. The number of ether oxygens (including phenoxy) is 2. The van der Waals surface area contributed by atoms with E-state index in [0.717, 1.165) is 0 Å². The van der Waals surface area contributed by atoms with E-state index < -0.39 is 42.9 Å². The van der Waals surface area contributed by atoms with Gasteiger partial charge in [0.1, 0.15) is 24.4 Å². The molecule has 110 valence electrons. The molecule has 2 aliphatic heterocycles. The number of nitrogens with one attached hydrogen (secondary N) is 1. The van der Waals surface area contributed by atoms with Crippen molar-refractivity contribution in [2.45, 2.75) is 61.4 Å². The minimum Gasteiger partial charge on any atom is -0.389 e. The van der Waals surface area contributed by atoms with Crippen LogP contribution in [0, 0.1) is 0 Å². The quantitative estimate of drug-likeness (QED) is 0.283. The molecule has 9 atom stereocenters. The van der Waals surface area contributed by atoms with Crippen molar-refractivity contribution in [3.63, 3.8) is 0 Å². The van der Waals surface area contributed by atoms with Crippen molar-refractivity contribution in [1.29, 1.82) is 0 Å². The summed E-state index contributed by atoms with van der Waals surface area (Å²) in [7, 11) is 0. The van der Waals surface area contributed by atoms with E-state index in [2.05, 4.69) is 5.32 Å². The molecule has 0 radical (unpaired) electrons. The Morgan fingerprint density at radius 3 is 2.42 bits per heavy atom. The monoisotopic (exact) mass is 277 g/mol. The zero-order valence-corrected chi connectivity index (χ0v) is 10.2. The topological polar surface area (TPSA) is 142 Å². The first-order valence-corrected chi connectivity index (χ1v) is 6.42. The first-order valence-electron chi connectivity index (χ1n) is 6.42. The normalized spacial score (nSPS) is 57.6. The minimum atomic E-state index is -1.39. The Morgan fingerprint density at radius 2 is 1.68 bits per heavy atom. The highest BCUT2D eigenvalue weighted by Crippen LogP contribution is 2.33. The highest BCUT2D eigenvalue weighted by Gasteiger charge is 2.54. The van der Waals surface area contributed by atoms with Crippen molar-refractivity contribution < 1.29 is 35.0 Å². The van der Waals surface area contributed by atoms with Gasteiger partial charge in [-0.05, 0) is 6.42 Å². The number of hydrogen-bond acceptors (Lipinski definition) is 8. The van der Waals surface area contributed by atoms with E-state index in [1.54, 1.807) is 0 Å². The Bertz CT molecular complexity index is 343. The van der Waals surface area contributed by atoms with Crippen LogP contribution in [0.4, 0.5) is 0 Å². The maximum atomic E-state index is 9.91. The molecule has 0 aromatic carbocycles. The molecule has 0 unspecified atom stereocenters. The number of rotatable bonds is 2. The molecule has 8 heteroatoms. The molecule has 8 nitrogen and oxygen atoms in total. The Hall–Kier alpha value is -0.320. The van der Waals surface area contributed by atoms with Gasteiger partial charge >= 0.3 is 0 Å². The van der Waals surface area contributed by atoms with Crippen molar-refractivity contribution in [3.8, 4) is 0 Å². The summed E-state index contributed by atoms with van der Waals surface area (Å²) >= 11 is 0. The Labute approximate surface area is 109 Å². The second-order valence-corrected chi connectivity index (χ2v) is 5.44. The van der Waals surface area contributed by atoms with E-state index in [4.69, 9.17) is 9.47 Å². The van der Waals surface area contributed by atoms with E-state index in [0.29, 0.717) is 6.42 Å². The van der Waals surface area contributed by atoms with Crippen molar-refractivity contribution in [3.05, 3.63) is 0 Å². The summed E-state index contributed by atoms with van der Waals surface area (Å²) in [5.41, 5.74) is 0. The molecule has 2 heterocycles. The van der Waals surface area contributed by atoms with Crippen LogP contribution in [-0.2, 0) is 9.47 Å². The smallest absolute Gasteiger partial charge is 0.186 e. The number of aliphatic hydroxyl groups excluding tert-OH is 5. The zero-order chi connectivity index (χ0) is 13.7. The van der Waals surface area contributed by atoms with E-state index in [9.17, 15) is 25.5 Å². The number of fused-ring (bicyclic) bond motifs is 1. The lowest BCUT2D eigenvalue weighted by atomic mass is 9.92. The predicted octanol–water partition coefficient (Wildman–Crippen LogP) is -3.72. The van der Waals surface area contributed by atoms with Crippen molar-refractivity contribution >= 4 is 0 Å². The molecule has 19 heavy (non-hydrogen) atoms. The number of aliphatic hydroxyl groups is 5. The summed E-state index contributed by atoms with van der Waals surface area (Å²) in [6.07, 6.45) is -7.21. The highest BCUT2D eigenvalue weighted by atomic mass is 16.7. The lowest BCUT2D eigenvalue weighted by Gasteiger charge is -2.39. The summed E-state index contributed by atoms with van der Waals surface area (Å²) in [5, 5.41) is 51.3. The lowest BCUT2D eigenvalue weighted by molar-refractivity contribution is -0.295. The van der Waals surface area contributed by atoms with Gasteiger partial charge in [0.25, 0.3) is 0 Å². The molecular formula is C11H19NO7. The van der Waals surface area contributed by atoms with Gasteiger partial charge in [-0.1, -0.05) is 0 Å². The Kier molecular flexibility index (Phi) is 3.52. The van der Waals surface area contributed by atoms with Crippen LogP contribution in [0.1, 0.15) is 6.42 Å². The molecule has 0 amide bonds. The van der Waals surface area contributed by atoms with Crippen LogP contribution >= 0.6 is 0 Å². The molecule has 1 saturated carbocycles. The fourth-order valence-electron chi connectivity index (χ4n) is 2.77. The average molecular weight is 277 g/mol. The van der Waals surface area contributed by atoms with Crippen LogP contribution in [0.25, 0.3) is 0 Å². The van der Waals surface area contributed by atoms with Crippen LogP contribution in [0.2, 0.25) is 0 Å². The summed E-state index contributed by atoms with van der Waals surface area (Å²) in [6.45, 7) is -0.154. The van der Waals surface area contributed by atoms with Gasteiger partial charge < -0.3 is 40.3 Å². The summed E-state index contributed by atoms with van der Waals surface area (Å²) in [6, 6.07) is -0.000827. The van der Waals surface area contributed by atoms with E-state index in [1.165, 1.54) is 0 Å². The minimum absolute atomic E-state index is 0.0969. The number of hydrogen-bond donors (Lipinski definition) is 6. The van der Waals surface area contributed by atoms with Gasteiger partial charge in [-0.3, -0.25) is 0 Å². The van der Waals surface area contributed by atoms with Gasteiger partial charge in [-0.2, -0.15) is 0 Å². The molecule has 1 aliphatic carbocycles. The van der Waals surface area contributed by atoms with E-state index in [1.807, 2.05) is 0 Å². The Morgan fingerprint density at radius 1 is 0.947 bits per heavy atom. The largest absolute Gasteiger partial charge is 0.389 e. The third-order valence-corrected chi connectivity index (χ3v) is 4.08. The average Bonchev–Trinajstić information content (AvgIpc) is 3.15. The SMILES string of the molecule is O[C@@H]1[C@@H](O)[C@@H](O[C@@H]2OC[C@@H](O)[C@H](O)[C@H]2O)C[C@H]2N[C@@H]12. The fraction of sp³-hybridized carbons (Fsp3) is 1.00. The van der Waals surface area contributed by atoms with Gasteiger partial charge in [0, 0.05) is 6.04 Å². The maximum absolute atomic E-state index is 9.91. The summed E-state index contributed by atoms with van der Waals surface area (Å²) < 4.78 is 10.6. The van der Waals surface area contributed by atoms with Crippen LogP contribution in [0.5, 0.6) is 0 Å². The van der Waals surface area contributed by atoms with Crippen molar-refractivity contribution in [1.82, 2.24) is 5.32 Å². The fourth-order valence-corrected chi connectivity index (χ4v) is 2.77. The molecule has 0 spiro atoms. The van der Waals surface area contributed by atoms with Crippen molar-refractivity contribution in [2.75, 3.05) is 6.61 Å². The summed E-state index contributed by atoms with van der Waals surface area (Å²) in [5.74, 6) is 0. The Balaban J connectivity index is 1.61. The van der Waals surface area contributed by atoms with Gasteiger partial charge in [0.15, 0.2) is 6.29 Å². The third-order valence-electron chi connectivity index (χ3n) is 4.08. The van der Waals surface area contributed by atoms with E-state index >= 15 is 0 Å². The van der Waals surface area contributed by atoms with Crippen LogP contribution in [0.15, 0.2) is 0 Å². The molecule has 2 saturated heterocycles. The van der Waals surface area contributed by atoms with E-state index in [-0.39, 0.29) is 18.7 Å². The molecule has 3 aliphatic rings. The van der Waals surface area contributed by atoms with Crippen molar-refractivity contribution in [2.24, 2.45) is 0 Å². The lowest BCUT2D eigenvalue weighted by Crippen LogP contribution is -2.57. The predicted molar refractivity (Wildman–Crippen MR) is 60.0 cm³/mol. The molecule has 0 aromatic rings. The third kappa shape index (κ3) is 2.39. The molecule has 3 fully saturated rings. The molecule has 0 bridgehead atoms. The van der Waals surface area contributed by atoms with Gasteiger partial charge in [-0.15, -0.1) is 0 Å². The maximum Gasteiger partial charge on any atom is 0.186 e. The molecule has 3 rings (SSSR count). The summed E-state index contributed by atoms with van der Waals surface area (Å²) in [4.78, 5) is 0. The first-order chi connectivity index (χ1) is 8.99.